The van der Waals surface area contributed by atoms with Crippen molar-refractivity contribution in [1.82, 2.24) is 9.21 Å². The fourth-order valence-corrected chi connectivity index (χ4v) is 5.12. The summed E-state index contributed by atoms with van der Waals surface area (Å²) in [7, 11) is -3.70. The molecule has 0 atom stereocenters. The Balaban J connectivity index is 1.46. The Morgan fingerprint density at radius 2 is 1.71 bits per heavy atom. The lowest BCUT2D eigenvalue weighted by Crippen LogP contribution is -2.50. The van der Waals surface area contributed by atoms with Crippen LogP contribution in [0.2, 0.25) is 0 Å². The Hall–Kier alpha value is -2.78. The second kappa shape index (κ2) is 9.15. The molecule has 1 saturated heterocycles. The first kappa shape index (κ1) is 21.5. The van der Waals surface area contributed by atoms with Crippen LogP contribution >= 0.6 is 0 Å². The number of hydrogen-bond donors (Lipinski definition) is 0. The molecule has 1 fully saturated rings. The molecular weight excluding hydrogens is 420 g/mol. The standard InChI is InChI=1S/C22H26N2O6S/c1-2-28-19-7-4-3-6-18(19)22(25)23-10-12-24(13-11-23)31(26,27)17-8-9-20-21(16-17)30-15-5-14-29-20/h3-4,6-9,16H,2,5,10-15H2,1H3. The molecule has 2 aliphatic heterocycles. The van der Waals surface area contributed by atoms with E-state index in [4.69, 9.17) is 14.2 Å². The van der Waals surface area contributed by atoms with Crippen molar-refractivity contribution in [3.05, 3.63) is 48.0 Å². The topological polar surface area (TPSA) is 85.4 Å². The van der Waals surface area contributed by atoms with Gasteiger partial charge in [0.1, 0.15) is 5.75 Å². The molecule has 2 aromatic carbocycles. The number of carbonyl (C=O) groups is 1. The van der Waals surface area contributed by atoms with Gasteiger partial charge in [0.05, 0.1) is 30.3 Å². The number of hydrogen-bond acceptors (Lipinski definition) is 6. The van der Waals surface area contributed by atoms with Gasteiger partial charge in [-0.05, 0) is 31.2 Å². The molecule has 0 spiro atoms. The normalized spacial score (nSPS) is 17.1. The average Bonchev–Trinajstić information content (AvgIpc) is 3.04. The van der Waals surface area contributed by atoms with Crippen molar-refractivity contribution in [2.75, 3.05) is 46.0 Å². The number of para-hydroxylation sites is 1. The summed E-state index contributed by atoms with van der Waals surface area (Å²) in [5.41, 5.74) is 0.489. The van der Waals surface area contributed by atoms with Gasteiger partial charge in [0, 0.05) is 38.7 Å². The molecule has 1 amide bonds. The number of rotatable bonds is 5. The predicted octanol–water partition coefficient (Wildman–Crippen LogP) is 2.39. The number of fused-ring (bicyclic) bond motifs is 1. The first-order chi connectivity index (χ1) is 15.0. The fourth-order valence-electron chi connectivity index (χ4n) is 3.68. The minimum absolute atomic E-state index is 0.156. The molecule has 0 bridgehead atoms. The van der Waals surface area contributed by atoms with Crippen molar-refractivity contribution in [1.29, 1.82) is 0 Å². The summed E-state index contributed by atoms with van der Waals surface area (Å²) in [6.07, 6.45) is 0.749. The summed E-state index contributed by atoms with van der Waals surface area (Å²) in [5.74, 6) is 1.38. The third kappa shape index (κ3) is 4.47. The van der Waals surface area contributed by atoms with Gasteiger partial charge in [-0.2, -0.15) is 4.31 Å². The number of amides is 1. The van der Waals surface area contributed by atoms with E-state index in [1.165, 1.54) is 10.4 Å². The Morgan fingerprint density at radius 1 is 1.00 bits per heavy atom. The highest BCUT2D eigenvalue weighted by atomic mass is 32.2. The first-order valence-electron chi connectivity index (χ1n) is 10.4. The van der Waals surface area contributed by atoms with Gasteiger partial charge in [0.25, 0.3) is 5.91 Å². The van der Waals surface area contributed by atoms with E-state index in [9.17, 15) is 13.2 Å². The van der Waals surface area contributed by atoms with Crippen molar-refractivity contribution in [3.63, 3.8) is 0 Å². The summed E-state index contributed by atoms with van der Waals surface area (Å²) in [5, 5.41) is 0. The summed E-state index contributed by atoms with van der Waals surface area (Å²) in [4.78, 5) is 14.8. The van der Waals surface area contributed by atoms with Gasteiger partial charge in [-0.3, -0.25) is 4.79 Å². The third-order valence-electron chi connectivity index (χ3n) is 5.30. The van der Waals surface area contributed by atoms with E-state index < -0.39 is 10.0 Å². The van der Waals surface area contributed by atoms with E-state index >= 15 is 0 Å². The highest BCUT2D eigenvalue weighted by molar-refractivity contribution is 7.89. The Labute approximate surface area is 182 Å². The Bertz CT molecular complexity index is 1050. The minimum Gasteiger partial charge on any atom is -0.493 e. The van der Waals surface area contributed by atoms with Crippen molar-refractivity contribution in [3.8, 4) is 17.2 Å². The number of piperazine rings is 1. The van der Waals surface area contributed by atoms with E-state index in [0.717, 1.165) is 6.42 Å². The van der Waals surface area contributed by atoms with Crippen LogP contribution in [0.3, 0.4) is 0 Å². The smallest absolute Gasteiger partial charge is 0.257 e. The van der Waals surface area contributed by atoms with E-state index in [1.54, 1.807) is 35.2 Å². The van der Waals surface area contributed by atoms with Gasteiger partial charge < -0.3 is 19.1 Å². The van der Waals surface area contributed by atoms with Crippen molar-refractivity contribution in [2.45, 2.75) is 18.2 Å². The van der Waals surface area contributed by atoms with E-state index in [0.29, 0.717) is 55.7 Å². The van der Waals surface area contributed by atoms with Gasteiger partial charge in [-0.15, -0.1) is 0 Å². The van der Waals surface area contributed by atoms with Gasteiger partial charge in [-0.25, -0.2) is 8.42 Å². The summed E-state index contributed by atoms with van der Waals surface area (Å²) >= 11 is 0. The van der Waals surface area contributed by atoms with Crippen LogP contribution in [-0.2, 0) is 10.0 Å². The number of carbonyl (C=O) groups excluding carboxylic acids is 1. The summed E-state index contributed by atoms with van der Waals surface area (Å²) in [6.45, 7) is 4.42. The maximum absolute atomic E-state index is 13.2. The van der Waals surface area contributed by atoms with Crippen LogP contribution < -0.4 is 14.2 Å². The van der Waals surface area contributed by atoms with E-state index in [-0.39, 0.29) is 23.9 Å². The highest BCUT2D eigenvalue weighted by Gasteiger charge is 2.32. The number of ether oxygens (including phenoxy) is 3. The Kier molecular flexibility index (Phi) is 6.33. The monoisotopic (exact) mass is 446 g/mol. The molecule has 9 heteroatoms. The lowest BCUT2D eigenvalue weighted by Gasteiger charge is -2.34. The van der Waals surface area contributed by atoms with Crippen LogP contribution in [0.15, 0.2) is 47.4 Å². The van der Waals surface area contributed by atoms with Crippen LogP contribution in [0.5, 0.6) is 17.2 Å². The number of nitrogens with zero attached hydrogens (tertiary/aromatic N) is 2. The quantitative estimate of drug-likeness (QED) is 0.701. The molecule has 0 aromatic heterocycles. The second-order valence-corrected chi connectivity index (χ2v) is 9.22. The molecule has 0 unspecified atom stereocenters. The van der Waals surface area contributed by atoms with Gasteiger partial charge in [-0.1, -0.05) is 12.1 Å². The van der Waals surface area contributed by atoms with Crippen molar-refractivity contribution in [2.24, 2.45) is 0 Å². The van der Waals surface area contributed by atoms with Gasteiger partial charge >= 0.3 is 0 Å². The largest absolute Gasteiger partial charge is 0.493 e. The number of benzene rings is 2. The SMILES string of the molecule is CCOc1ccccc1C(=O)N1CCN(S(=O)(=O)c2ccc3c(c2)OCCCO3)CC1. The molecule has 0 N–H and O–H groups in total. The van der Waals surface area contributed by atoms with Gasteiger partial charge in [0.2, 0.25) is 10.0 Å². The molecule has 2 aromatic rings. The summed E-state index contributed by atoms with van der Waals surface area (Å²) in [6, 6.07) is 11.8. The van der Waals surface area contributed by atoms with Crippen LogP contribution in [0, 0.1) is 0 Å². The van der Waals surface area contributed by atoms with Crippen LogP contribution in [-0.4, -0.2) is 69.5 Å². The molecule has 2 heterocycles. The van der Waals surface area contributed by atoms with Crippen molar-refractivity contribution < 1.29 is 27.4 Å². The maximum Gasteiger partial charge on any atom is 0.257 e. The lowest BCUT2D eigenvalue weighted by molar-refractivity contribution is 0.0693. The van der Waals surface area contributed by atoms with Gasteiger partial charge in [0.15, 0.2) is 11.5 Å². The fraction of sp³-hybridized carbons (Fsp3) is 0.409. The van der Waals surface area contributed by atoms with E-state index in [2.05, 4.69) is 0 Å². The second-order valence-electron chi connectivity index (χ2n) is 7.28. The summed E-state index contributed by atoms with van der Waals surface area (Å²) < 4.78 is 44.5. The van der Waals surface area contributed by atoms with E-state index in [1.807, 2.05) is 13.0 Å². The predicted molar refractivity (Wildman–Crippen MR) is 114 cm³/mol. The maximum atomic E-state index is 13.2. The zero-order valence-electron chi connectivity index (χ0n) is 17.5. The molecular formula is C22H26N2O6S. The third-order valence-corrected chi connectivity index (χ3v) is 7.19. The number of sulfonamides is 1. The molecule has 2 aliphatic rings. The lowest BCUT2D eigenvalue weighted by atomic mass is 10.1. The molecule has 0 saturated carbocycles. The van der Waals surface area contributed by atoms with Crippen LogP contribution in [0.1, 0.15) is 23.7 Å². The molecule has 31 heavy (non-hydrogen) atoms. The molecule has 0 aliphatic carbocycles. The Morgan fingerprint density at radius 3 is 2.45 bits per heavy atom. The molecule has 4 rings (SSSR count). The highest BCUT2D eigenvalue weighted by Crippen LogP contribution is 2.33. The molecule has 0 radical (unpaired) electrons. The van der Waals surface area contributed by atoms with Crippen LogP contribution in [0.4, 0.5) is 0 Å². The molecule has 8 nitrogen and oxygen atoms in total. The first-order valence-corrected chi connectivity index (χ1v) is 11.9. The van der Waals surface area contributed by atoms with Crippen LogP contribution in [0.25, 0.3) is 0 Å². The van der Waals surface area contributed by atoms with Crippen molar-refractivity contribution >= 4 is 15.9 Å². The minimum atomic E-state index is -3.70. The molecule has 166 valence electrons. The zero-order valence-corrected chi connectivity index (χ0v) is 18.3. The average molecular weight is 447 g/mol. The zero-order chi connectivity index (χ0) is 21.8.